The quantitative estimate of drug-likeness (QED) is 0.271. The number of hydrogen-bond acceptors (Lipinski definition) is 3. The predicted octanol–water partition coefficient (Wildman–Crippen LogP) is 7.21. The summed E-state index contributed by atoms with van der Waals surface area (Å²) in [7, 11) is -1.81. The van der Waals surface area contributed by atoms with Crippen molar-refractivity contribution in [1.29, 1.82) is 0 Å². The van der Waals surface area contributed by atoms with Gasteiger partial charge in [-0.25, -0.2) is 0 Å². The zero-order chi connectivity index (χ0) is 19.9. The summed E-state index contributed by atoms with van der Waals surface area (Å²) in [5, 5.41) is 3.61. The van der Waals surface area contributed by atoms with E-state index in [0.717, 1.165) is 35.7 Å². The Hall–Kier alpha value is -1.65. The van der Waals surface area contributed by atoms with Gasteiger partial charge in [-0.3, -0.25) is 0 Å². The van der Waals surface area contributed by atoms with Crippen LogP contribution in [0.4, 0.5) is 11.4 Å². The van der Waals surface area contributed by atoms with E-state index in [2.05, 4.69) is 51.3 Å². The van der Waals surface area contributed by atoms with Crippen molar-refractivity contribution in [2.24, 2.45) is 0 Å². The van der Waals surface area contributed by atoms with Gasteiger partial charge in [-0.15, -0.1) is 11.6 Å². The molecule has 3 nitrogen and oxygen atoms in total. The van der Waals surface area contributed by atoms with E-state index in [1.807, 2.05) is 36.4 Å². The molecule has 0 aromatic heterocycles. The molecule has 0 saturated heterocycles. The molecular weight excluding hydrogens is 374 g/mol. The highest BCUT2D eigenvalue weighted by Gasteiger charge is 2.38. The predicted molar refractivity (Wildman–Crippen MR) is 119 cm³/mol. The lowest BCUT2D eigenvalue weighted by Crippen LogP contribution is -2.43. The smallest absolute Gasteiger partial charge is 0.250 e. The molecular formula is C22H32ClNO2Si. The van der Waals surface area contributed by atoms with Crippen molar-refractivity contribution in [2.75, 3.05) is 17.8 Å². The average Bonchev–Trinajstić information content (AvgIpc) is 2.60. The van der Waals surface area contributed by atoms with Crippen LogP contribution >= 0.6 is 11.6 Å². The van der Waals surface area contributed by atoms with Crippen molar-refractivity contribution < 1.29 is 9.16 Å². The summed E-state index contributed by atoms with van der Waals surface area (Å²) in [6.45, 7) is 12.0. The van der Waals surface area contributed by atoms with E-state index in [0.29, 0.717) is 12.5 Å². The van der Waals surface area contributed by atoms with Crippen molar-refractivity contribution in [3.05, 3.63) is 48.5 Å². The molecule has 0 fully saturated rings. The average molecular weight is 406 g/mol. The molecule has 2 aromatic rings. The Labute approximate surface area is 170 Å². The van der Waals surface area contributed by atoms with E-state index in [4.69, 9.17) is 20.8 Å². The highest BCUT2D eigenvalue weighted by Crippen LogP contribution is 2.37. The van der Waals surface area contributed by atoms with Gasteiger partial charge in [0.05, 0.1) is 6.61 Å². The van der Waals surface area contributed by atoms with E-state index in [-0.39, 0.29) is 5.04 Å². The number of rotatable bonds is 9. The molecule has 0 unspecified atom stereocenters. The van der Waals surface area contributed by atoms with Gasteiger partial charge in [-0.1, -0.05) is 26.8 Å². The third-order valence-corrected chi connectivity index (χ3v) is 9.58. The van der Waals surface area contributed by atoms with Crippen molar-refractivity contribution in [3.63, 3.8) is 0 Å². The molecule has 0 aliphatic carbocycles. The second-order valence-corrected chi connectivity index (χ2v) is 13.4. The van der Waals surface area contributed by atoms with Crippen LogP contribution < -0.4 is 14.5 Å². The topological polar surface area (TPSA) is 30.5 Å². The number of ether oxygens (including phenoxy) is 1. The summed E-state index contributed by atoms with van der Waals surface area (Å²) in [6.07, 6.45) is 1.94. The second-order valence-electron chi connectivity index (χ2n) is 8.28. The molecule has 27 heavy (non-hydrogen) atoms. The molecule has 2 rings (SSSR count). The molecule has 0 heterocycles. The fourth-order valence-electron chi connectivity index (χ4n) is 2.27. The van der Waals surface area contributed by atoms with Gasteiger partial charge in [0.15, 0.2) is 0 Å². The summed E-state index contributed by atoms with van der Waals surface area (Å²) in [4.78, 5) is 0. The first kappa shape index (κ1) is 21.6. The summed E-state index contributed by atoms with van der Waals surface area (Å²) < 4.78 is 12.1. The first-order valence-electron chi connectivity index (χ1n) is 9.56. The fraction of sp³-hybridized carbons (Fsp3) is 0.455. The monoisotopic (exact) mass is 405 g/mol. The maximum atomic E-state index is 6.34. The molecule has 0 atom stereocenters. The Balaban J connectivity index is 1.96. The van der Waals surface area contributed by atoms with Gasteiger partial charge in [-0.05, 0) is 67.4 Å². The highest BCUT2D eigenvalue weighted by atomic mass is 35.5. The van der Waals surface area contributed by atoms with Gasteiger partial charge in [0.1, 0.15) is 11.5 Å². The van der Waals surface area contributed by atoms with Gasteiger partial charge in [0, 0.05) is 23.3 Å². The largest absolute Gasteiger partial charge is 0.544 e. The van der Waals surface area contributed by atoms with E-state index in [9.17, 15) is 0 Å². The van der Waals surface area contributed by atoms with Crippen LogP contribution in [0.15, 0.2) is 48.5 Å². The molecule has 1 N–H and O–H groups in total. The Morgan fingerprint density at radius 3 is 2.26 bits per heavy atom. The molecule has 0 spiro atoms. The normalized spacial score (nSPS) is 11.9. The van der Waals surface area contributed by atoms with Crippen LogP contribution in [0, 0.1) is 0 Å². The third-order valence-electron chi connectivity index (χ3n) is 4.95. The van der Waals surface area contributed by atoms with Crippen molar-refractivity contribution >= 4 is 31.3 Å². The summed E-state index contributed by atoms with van der Waals surface area (Å²) in [5.74, 6) is 2.48. The SMILES string of the molecule is CC(C)(C)[Si](C)(C)Oc1ccc(Nc2cccc(OCCCCCl)c2)cc1. The number of nitrogens with one attached hydrogen (secondary N) is 1. The molecule has 0 saturated carbocycles. The minimum atomic E-state index is -1.81. The van der Waals surface area contributed by atoms with Gasteiger partial charge in [0.25, 0.3) is 0 Å². The first-order chi connectivity index (χ1) is 12.7. The molecule has 0 bridgehead atoms. The van der Waals surface area contributed by atoms with Crippen LogP contribution in [0.1, 0.15) is 33.6 Å². The van der Waals surface area contributed by atoms with E-state index >= 15 is 0 Å². The lowest BCUT2D eigenvalue weighted by molar-refractivity contribution is 0.310. The molecule has 0 aliphatic rings. The summed E-state index contributed by atoms with van der Waals surface area (Å²) in [6, 6.07) is 16.2. The minimum Gasteiger partial charge on any atom is -0.544 e. The highest BCUT2D eigenvalue weighted by molar-refractivity contribution is 6.74. The van der Waals surface area contributed by atoms with Crippen LogP contribution in [0.3, 0.4) is 0 Å². The van der Waals surface area contributed by atoms with Gasteiger partial charge < -0.3 is 14.5 Å². The summed E-state index contributed by atoms with van der Waals surface area (Å²) in [5.41, 5.74) is 2.03. The number of alkyl halides is 1. The molecule has 0 radical (unpaired) electrons. The third kappa shape index (κ3) is 6.78. The van der Waals surface area contributed by atoms with Crippen molar-refractivity contribution in [2.45, 2.75) is 51.7 Å². The Morgan fingerprint density at radius 1 is 0.926 bits per heavy atom. The lowest BCUT2D eigenvalue weighted by atomic mass is 10.2. The van der Waals surface area contributed by atoms with Crippen molar-refractivity contribution in [3.8, 4) is 11.5 Å². The van der Waals surface area contributed by atoms with Crippen LogP contribution in [-0.2, 0) is 0 Å². The molecule has 0 aliphatic heterocycles. The maximum Gasteiger partial charge on any atom is 0.250 e. The Morgan fingerprint density at radius 2 is 1.63 bits per heavy atom. The van der Waals surface area contributed by atoms with Crippen molar-refractivity contribution in [1.82, 2.24) is 0 Å². The molecule has 5 heteroatoms. The Kier molecular flexibility index (Phi) is 7.63. The standard InChI is InChI=1S/C22H32ClNO2Si/c1-22(2,3)27(4,5)26-20-13-11-18(12-14-20)24-19-9-8-10-21(17-19)25-16-7-6-15-23/h8-14,17,24H,6-7,15-16H2,1-5H3. The van der Waals surface area contributed by atoms with Crippen LogP contribution in [0.2, 0.25) is 18.1 Å². The zero-order valence-corrected chi connectivity index (χ0v) is 18.9. The van der Waals surface area contributed by atoms with Crippen LogP contribution in [0.5, 0.6) is 11.5 Å². The minimum absolute atomic E-state index is 0.189. The first-order valence-corrected chi connectivity index (χ1v) is 13.0. The van der Waals surface area contributed by atoms with E-state index < -0.39 is 8.32 Å². The number of unbranched alkanes of at least 4 members (excludes halogenated alkanes) is 1. The summed E-state index contributed by atoms with van der Waals surface area (Å²) >= 11 is 5.70. The van der Waals surface area contributed by atoms with E-state index in [1.165, 1.54) is 0 Å². The number of benzene rings is 2. The number of anilines is 2. The van der Waals surface area contributed by atoms with Gasteiger partial charge >= 0.3 is 0 Å². The number of halogens is 1. The van der Waals surface area contributed by atoms with Gasteiger partial charge in [-0.2, -0.15) is 0 Å². The number of hydrogen-bond donors (Lipinski definition) is 1. The van der Waals surface area contributed by atoms with Gasteiger partial charge in [0.2, 0.25) is 8.32 Å². The molecule has 2 aromatic carbocycles. The molecule has 148 valence electrons. The fourth-order valence-corrected chi connectivity index (χ4v) is 3.49. The van der Waals surface area contributed by atoms with Crippen LogP contribution in [0.25, 0.3) is 0 Å². The van der Waals surface area contributed by atoms with E-state index in [1.54, 1.807) is 0 Å². The lowest BCUT2D eigenvalue weighted by Gasteiger charge is -2.36. The Bertz CT molecular complexity index is 711. The maximum absolute atomic E-state index is 6.34. The molecule has 0 amide bonds. The van der Waals surface area contributed by atoms with Crippen LogP contribution in [-0.4, -0.2) is 20.8 Å². The zero-order valence-electron chi connectivity index (χ0n) is 17.1. The second kappa shape index (κ2) is 9.51.